The van der Waals surface area contributed by atoms with Crippen molar-refractivity contribution < 1.29 is 14.7 Å². The molecular formula is C30H29N3O3S2. The molecule has 2 atom stereocenters. The molecule has 8 heteroatoms. The third kappa shape index (κ3) is 6.44. The fraction of sp³-hybridized carbons (Fsp3) is 0.233. The van der Waals surface area contributed by atoms with Crippen molar-refractivity contribution in [2.75, 3.05) is 5.73 Å². The van der Waals surface area contributed by atoms with Crippen LogP contribution >= 0.6 is 24.0 Å². The first kappa shape index (κ1) is 27.4. The number of ketones is 1. The number of hydrogen-bond donors (Lipinski definition) is 2. The molecule has 0 aliphatic carbocycles. The molecule has 38 heavy (non-hydrogen) atoms. The molecule has 0 amide bonds. The highest BCUT2D eigenvalue weighted by Gasteiger charge is 2.34. The van der Waals surface area contributed by atoms with Gasteiger partial charge in [-0.05, 0) is 54.7 Å². The van der Waals surface area contributed by atoms with E-state index in [-0.39, 0.29) is 23.2 Å². The van der Waals surface area contributed by atoms with Gasteiger partial charge in [0.25, 0.3) is 0 Å². The Balaban J connectivity index is 1.38. The lowest BCUT2D eigenvalue weighted by Crippen LogP contribution is -2.13. The van der Waals surface area contributed by atoms with Gasteiger partial charge in [-0.3, -0.25) is 4.79 Å². The van der Waals surface area contributed by atoms with Crippen molar-refractivity contribution in [3.63, 3.8) is 0 Å². The average molecular weight is 544 g/mol. The summed E-state index contributed by atoms with van der Waals surface area (Å²) in [6, 6.07) is 14.6. The predicted molar refractivity (Wildman–Crippen MR) is 158 cm³/mol. The molecule has 4 rings (SSSR count). The minimum Gasteiger partial charge on any atom is -0.478 e. The van der Waals surface area contributed by atoms with Crippen molar-refractivity contribution in [2.45, 2.75) is 38.5 Å². The zero-order chi connectivity index (χ0) is 27.2. The van der Waals surface area contributed by atoms with Gasteiger partial charge in [0.05, 0.1) is 20.6 Å². The van der Waals surface area contributed by atoms with Crippen LogP contribution in [0.3, 0.4) is 0 Å². The van der Waals surface area contributed by atoms with E-state index in [1.165, 1.54) is 11.8 Å². The molecule has 0 spiro atoms. The SMILES string of the molecule is C=CC(C)c1cnc(-c2cccc(/C=C3\SC(=S)C(CCCCc4ccc(C(=O)O)cc4)C3=O)c2)nc1N. The molecule has 6 nitrogen and oxygen atoms in total. The van der Waals surface area contributed by atoms with E-state index in [9.17, 15) is 9.59 Å². The lowest BCUT2D eigenvalue weighted by atomic mass is 9.96. The molecule has 2 aromatic carbocycles. The number of Topliss-reactive ketones (excluding diaryl/α,β-unsaturated/α-hetero) is 1. The summed E-state index contributed by atoms with van der Waals surface area (Å²) in [7, 11) is 0. The van der Waals surface area contributed by atoms with Crippen LogP contribution in [0.15, 0.2) is 72.3 Å². The van der Waals surface area contributed by atoms with Gasteiger partial charge in [-0.1, -0.05) is 73.7 Å². The smallest absolute Gasteiger partial charge is 0.335 e. The molecule has 1 saturated heterocycles. The molecule has 1 aromatic heterocycles. The van der Waals surface area contributed by atoms with Crippen LogP contribution in [0.5, 0.6) is 0 Å². The number of thiocarbonyl (C=S) groups is 1. The highest BCUT2D eigenvalue weighted by molar-refractivity contribution is 8.27. The molecule has 2 unspecified atom stereocenters. The number of aryl methyl sites for hydroxylation is 1. The minimum atomic E-state index is -0.927. The monoisotopic (exact) mass is 543 g/mol. The summed E-state index contributed by atoms with van der Waals surface area (Å²) in [5, 5.41) is 9.02. The number of hydrogen-bond acceptors (Lipinski definition) is 7. The Bertz CT molecular complexity index is 1420. The number of carboxylic acids is 1. The van der Waals surface area contributed by atoms with Crippen LogP contribution < -0.4 is 5.73 Å². The van der Waals surface area contributed by atoms with E-state index in [1.54, 1.807) is 24.4 Å². The molecule has 194 valence electrons. The molecule has 1 aliphatic rings. The van der Waals surface area contributed by atoms with Crippen LogP contribution in [0.25, 0.3) is 17.5 Å². The first-order valence-corrected chi connectivity index (χ1v) is 13.6. The second-order valence-electron chi connectivity index (χ2n) is 9.28. The molecule has 0 radical (unpaired) electrons. The molecule has 3 aromatic rings. The Labute approximate surface area is 232 Å². The first-order chi connectivity index (χ1) is 18.3. The number of unbranched alkanes of at least 4 members (excludes halogenated alkanes) is 1. The lowest BCUT2D eigenvalue weighted by molar-refractivity contribution is -0.116. The number of carboxylic acid groups (broad SMARTS) is 1. The second kappa shape index (κ2) is 12.3. The normalized spacial score (nSPS) is 17.1. The summed E-state index contributed by atoms with van der Waals surface area (Å²) in [5.74, 6) is -0.103. The van der Waals surface area contributed by atoms with Crippen molar-refractivity contribution in [1.29, 1.82) is 0 Å². The van der Waals surface area contributed by atoms with E-state index >= 15 is 0 Å². The largest absolute Gasteiger partial charge is 0.478 e. The minimum absolute atomic E-state index is 0.0627. The van der Waals surface area contributed by atoms with Gasteiger partial charge in [0.15, 0.2) is 11.6 Å². The van der Waals surface area contributed by atoms with Crippen molar-refractivity contribution in [2.24, 2.45) is 5.92 Å². The number of nitrogens with zero attached hydrogens (tertiary/aromatic N) is 2. The van der Waals surface area contributed by atoms with Crippen molar-refractivity contribution in [3.8, 4) is 11.4 Å². The van der Waals surface area contributed by atoms with Crippen LogP contribution in [-0.2, 0) is 11.2 Å². The van der Waals surface area contributed by atoms with Crippen LogP contribution in [0, 0.1) is 5.92 Å². The van der Waals surface area contributed by atoms with Crippen molar-refractivity contribution in [1.82, 2.24) is 9.97 Å². The third-order valence-corrected chi connectivity index (χ3v) is 8.16. The van der Waals surface area contributed by atoms with Crippen molar-refractivity contribution in [3.05, 3.63) is 94.5 Å². The van der Waals surface area contributed by atoms with Gasteiger partial charge >= 0.3 is 5.97 Å². The number of nitrogen functional groups attached to an aromatic ring is 1. The van der Waals surface area contributed by atoms with Crippen LogP contribution in [0.4, 0.5) is 5.82 Å². The number of anilines is 1. The Morgan fingerprint density at radius 2 is 2.00 bits per heavy atom. The van der Waals surface area contributed by atoms with E-state index in [0.29, 0.717) is 27.2 Å². The fourth-order valence-corrected chi connectivity index (χ4v) is 5.81. The molecule has 1 fully saturated rings. The number of nitrogens with two attached hydrogens (primary N) is 1. The van der Waals surface area contributed by atoms with Gasteiger partial charge in [-0.25, -0.2) is 14.8 Å². The third-order valence-electron chi connectivity index (χ3n) is 6.60. The van der Waals surface area contributed by atoms with Crippen LogP contribution in [0.2, 0.25) is 0 Å². The summed E-state index contributed by atoms with van der Waals surface area (Å²) in [6.45, 7) is 5.79. The first-order valence-electron chi connectivity index (χ1n) is 12.4. The second-order valence-corrected chi connectivity index (χ2v) is 11.1. The molecule has 0 saturated carbocycles. The van der Waals surface area contributed by atoms with Gasteiger partial charge in [0, 0.05) is 23.2 Å². The number of aromatic nitrogens is 2. The number of aromatic carboxylic acids is 1. The van der Waals surface area contributed by atoms with Crippen LogP contribution in [0.1, 0.15) is 59.2 Å². The van der Waals surface area contributed by atoms with Gasteiger partial charge in [0.2, 0.25) is 0 Å². The zero-order valence-corrected chi connectivity index (χ0v) is 22.7. The zero-order valence-electron chi connectivity index (χ0n) is 21.1. The summed E-state index contributed by atoms with van der Waals surface area (Å²) in [4.78, 5) is 33.7. The van der Waals surface area contributed by atoms with E-state index in [2.05, 4.69) is 16.5 Å². The Hall–Kier alpha value is -3.62. The predicted octanol–water partition coefficient (Wildman–Crippen LogP) is 6.73. The fourth-order valence-electron chi connectivity index (χ4n) is 4.29. The summed E-state index contributed by atoms with van der Waals surface area (Å²) >= 11 is 6.93. The summed E-state index contributed by atoms with van der Waals surface area (Å²) < 4.78 is 0.714. The number of allylic oxidation sites excluding steroid dienone is 2. The van der Waals surface area contributed by atoms with Gasteiger partial charge in [0.1, 0.15) is 5.82 Å². The maximum atomic E-state index is 13.1. The van der Waals surface area contributed by atoms with Crippen LogP contribution in [-0.4, -0.2) is 31.0 Å². The van der Waals surface area contributed by atoms with Gasteiger partial charge in [-0.2, -0.15) is 0 Å². The highest BCUT2D eigenvalue weighted by atomic mass is 32.2. The Morgan fingerprint density at radius 1 is 1.24 bits per heavy atom. The lowest BCUT2D eigenvalue weighted by Gasteiger charge is -2.10. The summed E-state index contributed by atoms with van der Waals surface area (Å²) in [5.41, 5.74) is 10.1. The molecule has 0 bridgehead atoms. The quantitative estimate of drug-likeness (QED) is 0.126. The Kier molecular flexibility index (Phi) is 8.86. The van der Waals surface area contributed by atoms with E-state index < -0.39 is 5.97 Å². The maximum absolute atomic E-state index is 13.1. The summed E-state index contributed by atoms with van der Waals surface area (Å²) in [6.07, 6.45) is 8.72. The van der Waals surface area contributed by atoms with E-state index in [1.807, 2.05) is 49.4 Å². The van der Waals surface area contributed by atoms with Gasteiger partial charge in [-0.15, -0.1) is 6.58 Å². The van der Waals surface area contributed by atoms with Crippen molar-refractivity contribution >= 4 is 51.8 Å². The van der Waals surface area contributed by atoms with E-state index in [0.717, 1.165) is 41.5 Å². The average Bonchev–Trinajstić information content (AvgIpc) is 3.18. The Morgan fingerprint density at radius 3 is 2.68 bits per heavy atom. The number of carbonyl (C=O) groups excluding carboxylic acids is 1. The molecule has 3 N–H and O–H groups in total. The molecule has 1 aliphatic heterocycles. The topological polar surface area (TPSA) is 106 Å². The van der Waals surface area contributed by atoms with Gasteiger partial charge < -0.3 is 10.8 Å². The number of thioether (sulfide) groups is 1. The number of rotatable bonds is 10. The molecular weight excluding hydrogens is 514 g/mol. The highest BCUT2D eigenvalue weighted by Crippen LogP contribution is 2.38. The maximum Gasteiger partial charge on any atom is 0.335 e. The number of carbonyl (C=O) groups is 2. The standard InChI is InChI=1S/C30H29N3O3S2/c1-3-18(2)24-17-32-28(33-27(24)31)22-9-6-8-20(15-22)16-25-26(34)23(30(37)38-25)10-5-4-7-19-11-13-21(14-12-19)29(35)36/h3,6,8-9,11-18,23H,1,4-5,7,10H2,2H3,(H,35,36)(H2,31,32,33)/b25-16-. The molecule has 2 heterocycles. The number of benzene rings is 2. The van der Waals surface area contributed by atoms with E-state index in [4.69, 9.17) is 23.1 Å².